The second-order valence-corrected chi connectivity index (χ2v) is 12.8. The van der Waals surface area contributed by atoms with Crippen LogP contribution in [0.15, 0.2) is 18.2 Å². The third-order valence-corrected chi connectivity index (χ3v) is 9.62. The van der Waals surface area contributed by atoms with E-state index in [1.807, 2.05) is 6.92 Å². The molecule has 0 aromatic heterocycles. The Balaban J connectivity index is 1.31. The zero-order valence-corrected chi connectivity index (χ0v) is 23.1. The van der Waals surface area contributed by atoms with E-state index in [2.05, 4.69) is 4.74 Å². The largest absolute Gasteiger partial charge is 0.550 e. The highest BCUT2D eigenvalue weighted by Gasteiger charge is 2.75. The first kappa shape index (κ1) is 31.4. The molecule has 0 heterocycles. The van der Waals surface area contributed by atoms with Crippen molar-refractivity contribution in [1.29, 1.82) is 0 Å². The number of carbonyl (C=O) groups excluding carboxylic acids is 3. The summed E-state index contributed by atoms with van der Waals surface area (Å²) in [6.07, 6.45) is -12.2. The SMILES string of the molecule is CC1(Oc2ccc(C(=O)OC3C4CC5CC3CC(C(=O)OC(CC(=O)[O-])(C(F)(F)F)C(F)(F)F)(C5)C4)cc2F)CCCC1. The van der Waals surface area contributed by atoms with Gasteiger partial charge in [-0.3, -0.25) is 4.79 Å². The lowest BCUT2D eigenvalue weighted by Crippen LogP contribution is -2.64. The van der Waals surface area contributed by atoms with E-state index in [4.69, 9.17) is 9.47 Å². The summed E-state index contributed by atoms with van der Waals surface area (Å²) in [7, 11) is 0. The lowest BCUT2D eigenvalue weighted by molar-refractivity contribution is -0.383. The van der Waals surface area contributed by atoms with E-state index in [-0.39, 0.29) is 36.5 Å². The summed E-state index contributed by atoms with van der Waals surface area (Å²) < 4.78 is 113. The molecule has 0 radical (unpaired) electrons. The number of rotatable bonds is 8. The summed E-state index contributed by atoms with van der Waals surface area (Å²) in [5.41, 5.74) is -7.63. The zero-order valence-electron chi connectivity index (χ0n) is 23.1. The molecule has 238 valence electrons. The molecule has 1 aromatic rings. The maximum atomic E-state index is 14.8. The molecule has 5 aliphatic carbocycles. The third kappa shape index (κ3) is 5.65. The number of benzene rings is 1. The van der Waals surface area contributed by atoms with Gasteiger partial charge in [-0.25, -0.2) is 9.18 Å². The Morgan fingerprint density at radius 1 is 0.953 bits per heavy atom. The van der Waals surface area contributed by atoms with E-state index in [1.54, 1.807) is 0 Å². The van der Waals surface area contributed by atoms with Crippen LogP contribution in [0.25, 0.3) is 0 Å². The van der Waals surface area contributed by atoms with Crippen LogP contribution < -0.4 is 9.84 Å². The number of esters is 2. The smallest absolute Gasteiger partial charge is 0.437 e. The van der Waals surface area contributed by atoms with Crippen molar-refractivity contribution in [2.45, 2.75) is 101 Å². The summed E-state index contributed by atoms with van der Waals surface area (Å²) in [5.74, 6) is -7.53. The van der Waals surface area contributed by atoms with Crippen LogP contribution in [0, 0.1) is 29.0 Å². The summed E-state index contributed by atoms with van der Waals surface area (Å²) in [4.78, 5) is 37.1. The van der Waals surface area contributed by atoms with Crippen molar-refractivity contribution in [3.8, 4) is 5.75 Å². The van der Waals surface area contributed by atoms with Crippen LogP contribution in [0.1, 0.15) is 81.5 Å². The van der Waals surface area contributed by atoms with Crippen LogP contribution in [-0.4, -0.2) is 47.6 Å². The Morgan fingerprint density at radius 3 is 2.05 bits per heavy atom. The number of hydrogen-bond acceptors (Lipinski definition) is 7. The Hall–Kier alpha value is -3.06. The van der Waals surface area contributed by atoms with Gasteiger partial charge in [-0.05, 0) is 101 Å². The number of alkyl halides is 6. The highest BCUT2D eigenvalue weighted by molar-refractivity contribution is 5.89. The summed E-state index contributed by atoms with van der Waals surface area (Å²) in [6.45, 7) is 1.88. The monoisotopic (exact) mass is 623 g/mol. The van der Waals surface area contributed by atoms with Crippen molar-refractivity contribution in [3.63, 3.8) is 0 Å². The van der Waals surface area contributed by atoms with E-state index >= 15 is 0 Å². The summed E-state index contributed by atoms with van der Waals surface area (Å²) in [5, 5.41) is 11.0. The predicted molar refractivity (Wildman–Crippen MR) is 130 cm³/mol. The van der Waals surface area contributed by atoms with Crippen LogP contribution >= 0.6 is 0 Å². The molecule has 0 spiro atoms. The minimum Gasteiger partial charge on any atom is -0.550 e. The molecule has 2 atom stereocenters. The molecule has 5 fully saturated rings. The molecular formula is C29H30F7O7-. The number of carbonyl (C=O) groups is 3. The molecule has 0 aliphatic heterocycles. The van der Waals surface area contributed by atoms with Gasteiger partial charge >= 0.3 is 29.9 Å². The first-order valence-electron chi connectivity index (χ1n) is 14.1. The lowest BCUT2D eigenvalue weighted by atomic mass is 9.48. The van der Waals surface area contributed by atoms with E-state index in [1.165, 1.54) is 12.1 Å². The molecule has 6 rings (SSSR count). The van der Waals surface area contributed by atoms with Gasteiger partial charge in [-0.15, -0.1) is 0 Å². The Bertz CT molecular complexity index is 1250. The van der Waals surface area contributed by atoms with Gasteiger partial charge in [0.2, 0.25) is 0 Å². The van der Waals surface area contributed by atoms with Gasteiger partial charge in [0.05, 0.1) is 11.0 Å². The molecule has 2 unspecified atom stereocenters. The van der Waals surface area contributed by atoms with E-state index in [9.17, 15) is 50.2 Å². The van der Waals surface area contributed by atoms with Crippen molar-refractivity contribution >= 4 is 17.9 Å². The molecule has 5 aliphatic rings. The molecule has 7 nitrogen and oxygen atoms in total. The standard InChI is InChI=1S/C29H31F7O7/c1-25(6-2-3-7-25)42-20-5-4-16(10-19(20)30)23(39)41-22-17-8-15-9-18(22)13-26(11-15,12-17)24(40)43-27(14-21(37)38,28(31,32)33)29(34,35)36/h4-5,10,15,17-18,22H,2-3,6-9,11-14H2,1H3,(H,37,38)/p-1. The Labute approximate surface area is 242 Å². The van der Waals surface area contributed by atoms with E-state index in [0.29, 0.717) is 12.8 Å². The number of carboxylic acid groups (broad SMARTS) is 1. The van der Waals surface area contributed by atoms with Gasteiger partial charge in [-0.2, -0.15) is 26.3 Å². The second-order valence-electron chi connectivity index (χ2n) is 12.8. The number of hydrogen-bond donors (Lipinski definition) is 0. The number of carboxylic acids is 1. The molecule has 14 heteroatoms. The zero-order chi connectivity index (χ0) is 31.6. The molecule has 0 saturated heterocycles. The maximum Gasteiger partial charge on any atom is 0.437 e. The van der Waals surface area contributed by atoms with Crippen LogP contribution in [0.4, 0.5) is 30.7 Å². The second kappa shape index (κ2) is 10.5. The Kier molecular flexibility index (Phi) is 7.69. The lowest BCUT2D eigenvalue weighted by Gasteiger charge is -2.58. The average molecular weight is 624 g/mol. The van der Waals surface area contributed by atoms with Crippen molar-refractivity contribution in [2.24, 2.45) is 23.2 Å². The average Bonchev–Trinajstić information content (AvgIpc) is 3.30. The van der Waals surface area contributed by atoms with Gasteiger partial charge in [0.15, 0.2) is 11.6 Å². The molecule has 4 bridgehead atoms. The number of aliphatic carboxylic acids is 1. The van der Waals surface area contributed by atoms with Crippen molar-refractivity contribution in [1.82, 2.24) is 0 Å². The summed E-state index contributed by atoms with van der Waals surface area (Å²) >= 11 is 0. The van der Waals surface area contributed by atoms with Crippen molar-refractivity contribution in [3.05, 3.63) is 29.6 Å². The normalized spacial score (nSPS) is 29.8. The van der Waals surface area contributed by atoms with Gasteiger partial charge < -0.3 is 24.1 Å². The predicted octanol–water partition coefficient (Wildman–Crippen LogP) is 5.44. The fourth-order valence-corrected chi connectivity index (χ4v) is 7.80. The van der Waals surface area contributed by atoms with Crippen LogP contribution in [0.3, 0.4) is 0 Å². The number of halogens is 7. The highest BCUT2D eigenvalue weighted by Crippen LogP contribution is 2.62. The molecule has 0 N–H and O–H groups in total. The molecule has 5 saturated carbocycles. The van der Waals surface area contributed by atoms with Gasteiger partial charge in [0.25, 0.3) is 0 Å². The van der Waals surface area contributed by atoms with Crippen LogP contribution in [0.2, 0.25) is 0 Å². The third-order valence-electron chi connectivity index (χ3n) is 9.62. The van der Waals surface area contributed by atoms with E-state index < -0.39 is 77.1 Å². The van der Waals surface area contributed by atoms with Crippen molar-refractivity contribution in [2.75, 3.05) is 0 Å². The molecule has 1 aromatic carbocycles. The first-order valence-corrected chi connectivity index (χ1v) is 14.1. The van der Waals surface area contributed by atoms with Crippen LogP contribution in [-0.2, 0) is 19.1 Å². The number of ether oxygens (including phenoxy) is 3. The summed E-state index contributed by atoms with van der Waals surface area (Å²) in [6, 6.07) is 3.66. The quantitative estimate of drug-likeness (QED) is 0.281. The highest BCUT2D eigenvalue weighted by atomic mass is 19.4. The Morgan fingerprint density at radius 2 is 1.53 bits per heavy atom. The van der Waals surface area contributed by atoms with Crippen LogP contribution in [0.5, 0.6) is 5.75 Å². The van der Waals surface area contributed by atoms with E-state index in [0.717, 1.165) is 31.7 Å². The minimum absolute atomic E-state index is 0.0107. The van der Waals surface area contributed by atoms with Crippen molar-refractivity contribution < 1.29 is 64.4 Å². The van der Waals surface area contributed by atoms with Gasteiger partial charge in [-0.1, -0.05) is 0 Å². The topological polar surface area (TPSA) is 102 Å². The fraction of sp³-hybridized carbons (Fsp3) is 0.690. The molecular weight excluding hydrogens is 593 g/mol. The molecule has 43 heavy (non-hydrogen) atoms. The fourth-order valence-electron chi connectivity index (χ4n) is 7.80. The maximum absolute atomic E-state index is 14.8. The van der Waals surface area contributed by atoms with Gasteiger partial charge in [0.1, 0.15) is 11.7 Å². The minimum atomic E-state index is -6.29. The van der Waals surface area contributed by atoms with Gasteiger partial charge in [0, 0.05) is 12.4 Å². The first-order chi connectivity index (χ1) is 19.9. The molecule has 0 amide bonds.